The molecule has 1 aliphatic carbocycles. The standard InChI is InChI=1S/C19H31NO2S/c1-4-20(5-2)19(16-10-7-6-8-11-16)18(22-15(3)21)14-17-12-9-13-23-17/h9,12-13,16,18-19H,4-8,10-11,14H2,1-3H3/t18-,19-/m1/s1. The number of likely N-dealkylation sites (N-methyl/N-ethyl adjacent to an activating group) is 1. The molecule has 2 rings (SSSR count). The predicted octanol–water partition coefficient (Wildman–Crippen LogP) is 4.51. The fraction of sp³-hybridized carbons (Fsp3) is 0.737. The van der Waals surface area contributed by atoms with Crippen molar-refractivity contribution in [1.29, 1.82) is 0 Å². The number of nitrogens with zero attached hydrogens (tertiary/aromatic N) is 1. The molecule has 0 radical (unpaired) electrons. The van der Waals surface area contributed by atoms with E-state index in [1.54, 1.807) is 18.3 Å². The quantitative estimate of drug-likeness (QED) is 0.654. The molecule has 0 N–H and O–H groups in total. The fourth-order valence-electron chi connectivity index (χ4n) is 4.03. The first kappa shape index (κ1) is 18.5. The summed E-state index contributed by atoms with van der Waals surface area (Å²) in [7, 11) is 0. The normalized spacial score (nSPS) is 18.8. The van der Waals surface area contributed by atoms with Crippen LogP contribution in [0.1, 0.15) is 57.8 Å². The van der Waals surface area contributed by atoms with E-state index in [4.69, 9.17) is 4.74 Å². The first-order valence-electron chi connectivity index (χ1n) is 9.09. The van der Waals surface area contributed by atoms with Gasteiger partial charge in [0.1, 0.15) is 6.10 Å². The molecule has 1 heterocycles. The van der Waals surface area contributed by atoms with Crippen molar-refractivity contribution in [3.05, 3.63) is 22.4 Å². The van der Waals surface area contributed by atoms with Crippen molar-refractivity contribution in [2.75, 3.05) is 13.1 Å². The molecule has 0 bridgehead atoms. The van der Waals surface area contributed by atoms with Crippen molar-refractivity contribution in [2.24, 2.45) is 5.92 Å². The van der Waals surface area contributed by atoms with Crippen LogP contribution in [0.2, 0.25) is 0 Å². The van der Waals surface area contributed by atoms with Crippen LogP contribution in [0.5, 0.6) is 0 Å². The van der Waals surface area contributed by atoms with Gasteiger partial charge in [-0.05, 0) is 43.3 Å². The van der Waals surface area contributed by atoms with Crippen LogP contribution in [0, 0.1) is 5.92 Å². The van der Waals surface area contributed by atoms with Crippen molar-refractivity contribution in [3.8, 4) is 0 Å². The lowest BCUT2D eigenvalue weighted by atomic mass is 9.80. The van der Waals surface area contributed by atoms with E-state index in [1.165, 1.54) is 37.0 Å². The van der Waals surface area contributed by atoms with Crippen LogP contribution >= 0.6 is 11.3 Å². The summed E-state index contributed by atoms with van der Waals surface area (Å²) in [5.41, 5.74) is 0. The molecule has 1 aromatic heterocycles. The summed E-state index contributed by atoms with van der Waals surface area (Å²) < 4.78 is 5.85. The molecule has 4 heteroatoms. The summed E-state index contributed by atoms with van der Waals surface area (Å²) in [6.45, 7) is 8.01. The monoisotopic (exact) mass is 337 g/mol. The Labute approximate surface area is 145 Å². The van der Waals surface area contributed by atoms with E-state index in [2.05, 4.69) is 36.3 Å². The van der Waals surface area contributed by atoms with Crippen LogP contribution < -0.4 is 0 Å². The van der Waals surface area contributed by atoms with Gasteiger partial charge in [0.15, 0.2) is 0 Å². The highest BCUT2D eigenvalue weighted by molar-refractivity contribution is 7.09. The lowest BCUT2D eigenvalue weighted by Crippen LogP contribution is -2.51. The smallest absolute Gasteiger partial charge is 0.302 e. The number of rotatable bonds is 8. The van der Waals surface area contributed by atoms with Crippen molar-refractivity contribution in [2.45, 2.75) is 71.4 Å². The maximum atomic E-state index is 11.7. The molecule has 1 aliphatic rings. The zero-order valence-electron chi connectivity index (χ0n) is 14.8. The van der Waals surface area contributed by atoms with Gasteiger partial charge in [-0.15, -0.1) is 11.3 Å². The lowest BCUT2D eigenvalue weighted by Gasteiger charge is -2.42. The minimum Gasteiger partial charge on any atom is -0.460 e. The summed E-state index contributed by atoms with van der Waals surface area (Å²) in [4.78, 5) is 15.6. The Morgan fingerprint density at radius 2 is 2.00 bits per heavy atom. The first-order chi connectivity index (χ1) is 11.2. The second-order valence-electron chi connectivity index (χ2n) is 6.54. The molecule has 0 spiro atoms. The molecule has 23 heavy (non-hydrogen) atoms. The number of carbonyl (C=O) groups is 1. The second kappa shape index (κ2) is 9.43. The Bertz CT molecular complexity index is 450. The van der Waals surface area contributed by atoms with E-state index < -0.39 is 0 Å². The Kier molecular flexibility index (Phi) is 7.57. The summed E-state index contributed by atoms with van der Waals surface area (Å²) in [6.07, 6.45) is 7.32. The third-order valence-corrected chi connectivity index (χ3v) is 5.95. The molecule has 0 amide bonds. The molecular formula is C19H31NO2S. The zero-order chi connectivity index (χ0) is 16.7. The number of thiophene rings is 1. The Hall–Kier alpha value is -0.870. The first-order valence-corrected chi connectivity index (χ1v) is 9.97. The second-order valence-corrected chi connectivity index (χ2v) is 7.57. The SMILES string of the molecule is CCN(CC)[C@H](C1CCCCC1)[C@@H](Cc1cccs1)OC(C)=O. The van der Waals surface area contributed by atoms with Crippen molar-refractivity contribution < 1.29 is 9.53 Å². The van der Waals surface area contributed by atoms with Crippen LogP contribution in [0.25, 0.3) is 0 Å². The van der Waals surface area contributed by atoms with Gasteiger partial charge in [-0.25, -0.2) is 0 Å². The summed E-state index contributed by atoms with van der Waals surface area (Å²) in [5.74, 6) is 0.493. The van der Waals surface area contributed by atoms with Gasteiger partial charge in [-0.3, -0.25) is 9.69 Å². The largest absolute Gasteiger partial charge is 0.460 e. The van der Waals surface area contributed by atoms with Crippen LogP contribution in [-0.4, -0.2) is 36.1 Å². The minimum absolute atomic E-state index is 0.0332. The summed E-state index contributed by atoms with van der Waals surface area (Å²) in [6, 6.07) is 4.58. The van der Waals surface area contributed by atoms with Gasteiger partial charge in [0.2, 0.25) is 0 Å². The van der Waals surface area contributed by atoms with E-state index in [0.29, 0.717) is 12.0 Å². The molecule has 2 atom stereocenters. The molecule has 1 aromatic rings. The average molecular weight is 338 g/mol. The molecule has 0 saturated heterocycles. The number of hydrogen-bond acceptors (Lipinski definition) is 4. The van der Waals surface area contributed by atoms with E-state index >= 15 is 0 Å². The average Bonchev–Trinajstić information content (AvgIpc) is 3.05. The van der Waals surface area contributed by atoms with Gasteiger partial charge < -0.3 is 4.74 Å². The van der Waals surface area contributed by atoms with E-state index in [1.807, 2.05) is 0 Å². The molecule has 0 unspecified atom stereocenters. The zero-order valence-corrected chi connectivity index (χ0v) is 15.6. The Morgan fingerprint density at radius 1 is 1.30 bits per heavy atom. The van der Waals surface area contributed by atoms with E-state index in [-0.39, 0.29) is 12.1 Å². The van der Waals surface area contributed by atoms with Gasteiger partial charge in [-0.1, -0.05) is 39.2 Å². The molecule has 1 saturated carbocycles. The molecule has 1 fully saturated rings. The lowest BCUT2D eigenvalue weighted by molar-refractivity contribution is -0.151. The van der Waals surface area contributed by atoms with Crippen molar-refractivity contribution >= 4 is 17.3 Å². The molecule has 0 aliphatic heterocycles. The van der Waals surface area contributed by atoms with Crippen molar-refractivity contribution in [3.63, 3.8) is 0 Å². The predicted molar refractivity (Wildman–Crippen MR) is 96.9 cm³/mol. The van der Waals surface area contributed by atoms with Crippen LogP contribution in [-0.2, 0) is 16.0 Å². The molecule has 130 valence electrons. The van der Waals surface area contributed by atoms with Gasteiger partial charge >= 0.3 is 5.97 Å². The van der Waals surface area contributed by atoms with E-state index in [0.717, 1.165) is 19.5 Å². The maximum absolute atomic E-state index is 11.7. The van der Waals surface area contributed by atoms with Gasteiger partial charge in [-0.2, -0.15) is 0 Å². The number of carbonyl (C=O) groups excluding carboxylic acids is 1. The summed E-state index contributed by atoms with van der Waals surface area (Å²) in [5, 5.41) is 2.10. The summed E-state index contributed by atoms with van der Waals surface area (Å²) >= 11 is 1.76. The molecular weight excluding hydrogens is 306 g/mol. The minimum atomic E-state index is -0.153. The van der Waals surface area contributed by atoms with Gasteiger partial charge in [0.05, 0.1) is 0 Å². The topological polar surface area (TPSA) is 29.5 Å². The molecule has 3 nitrogen and oxygen atoms in total. The fourth-order valence-corrected chi connectivity index (χ4v) is 4.78. The van der Waals surface area contributed by atoms with Gasteiger partial charge in [0, 0.05) is 24.3 Å². The van der Waals surface area contributed by atoms with E-state index in [9.17, 15) is 4.79 Å². The number of hydrogen-bond donors (Lipinski definition) is 0. The van der Waals surface area contributed by atoms with Gasteiger partial charge in [0.25, 0.3) is 0 Å². The third kappa shape index (κ3) is 5.32. The maximum Gasteiger partial charge on any atom is 0.302 e. The number of esters is 1. The van der Waals surface area contributed by atoms with Crippen LogP contribution in [0.15, 0.2) is 17.5 Å². The molecule has 0 aromatic carbocycles. The highest BCUT2D eigenvalue weighted by atomic mass is 32.1. The Morgan fingerprint density at radius 3 is 2.52 bits per heavy atom. The Balaban J connectivity index is 2.22. The van der Waals surface area contributed by atoms with Crippen LogP contribution in [0.3, 0.4) is 0 Å². The highest BCUT2D eigenvalue weighted by Crippen LogP contribution is 2.33. The van der Waals surface area contributed by atoms with Crippen LogP contribution in [0.4, 0.5) is 0 Å². The highest BCUT2D eigenvalue weighted by Gasteiger charge is 2.36. The third-order valence-electron chi connectivity index (χ3n) is 5.05. The number of ether oxygens (including phenoxy) is 1. The van der Waals surface area contributed by atoms with Crippen molar-refractivity contribution in [1.82, 2.24) is 4.90 Å².